The van der Waals surface area contributed by atoms with Gasteiger partial charge < -0.3 is 0 Å². The average Bonchev–Trinajstić information content (AvgIpc) is 2.62. The van der Waals surface area contributed by atoms with Gasteiger partial charge in [-0.2, -0.15) is 0 Å². The number of rotatable bonds is 4. The summed E-state index contributed by atoms with van der Waals surface area (Å²) in [7, 11) is 0. The number of hydrogen-bond donors (Lipinski definition) is 0. The Kier molecular flexibility index (Phi) is 3.93. The van der Waals surface area contributed by atoms with E-state index in [1.165, 1.54) is 18.2 Å². The molecule has 0 radical (unpaired) electrons. The molecule has 0 saturated carbocycles. The lowest BCUT2D eigenvalue weighted by Gasteiger charge is -2.08. The van der Waals surface area contributed by atoms with Gasteiger partial charge in [0.2, 0.25) is 0 Å². The lowest BCUT2D eigenvalue weighted by Crippen LogP contribution is -2.04. The van der Waals surface area contributed by atoms with Crippen LogP contribution in [0.3, 0.4) is 0 Å². The Labute approximate surface area is 132 Å². The van der Waals surface area contributed by atoms with E-state index in [9.17, 15) is 14.9 Å². The molecule has 0 amide bonds. The van der Waals surface area contributed by atoms with E-state index in [0.717, 1.165) is 0 Å². The minimum Gasteiger partial charge on any atom is -0.289 e. The molecule has 1 aromatic heterocycles. The van der Waals surface area contributed by atoms with E-state index in [2.05, 4.69) is 4.98 Å². The number of nitrogens with zero attached hydrogens (tertiary/aromatic N) is 2. The van der Waals surface area contributed by atoms with Gasteiger partial charge in [-0.1, -0.05) is 42.5 Å². The van der Waals surface area contributed by atoms with Crippen LogP contribution in [0.25, 0.3) is 11.3 Å². The van der Waals surface area contributed by atoms with Gasteiger partial charge >= 0.3 is 0 Å². The van der Waals surface area contributed by atoms with Crippen LogP contribution in [0.2, 0.25) is 0 Å². The molecule has 3 rings (SSSR count). The van der Waals surface area contributed by atoms with Crippen molar-refractivity contribution in [3.05, 3.63) is 94.2 Å². The highest BCUT2D eigenvalue weighted by Gasteiger charge is 2.17. The number of benzene rings is 2. The molecular weight excluding hydrogens is 292 g/mol. The number of hydrogen-bond acceptors (Lipinski definition) is 4. The van der Waals surface area contributed by atoms with Crippen molar-refractivity contribution in [2.24, 2.45) is 0 Å². The number of carbonyl (C=O) groups excluding carboxylic acids is 1. The molecule has 0 atom stereocenters. The normalized spacial score (nSPS) is 10.3. The highest BCUT2D eigenvalue weighted by molar-refractivity contribution is 6.12. The molecule has 0 N–H and O–H groups in total. The highest BCUT2D eigenvalue weighted by atomic mass is 16.6. The Hall–Kier alpha value is -3.34. The Bertz CT molecular complexity index is 876. The molecule has 5 heteroatoms. The second-order valence-electron chi connectivity index (χ2n) is 4.90. The quantitative estimate of drug-likeness (QED) is 0.416. The fourth-order valence-electron chi connectivity index (χ4n) is 2.34. The zero-order chi connectivity index (χ0) is 16.2. The van der Waals surface area contributed by atoms with Crippen LogP contribution in [0, 0.1) is 10.1 Å². The number of ketones is 1. The van der Waals surface area contributed by atoms with Crippen molar-refractivity contribution in [3.8, 4) is 11.3 Å². The zero-order valence-corrected chi connectivity index (χ0v) is 12.0. The summed E-state index contributed by atoms with van der Waals surface area (Å²) in [4.78, 5) is 27.4. The van der Waals surface area contributed by atoms with Gasteiger partial charge in [0, 0.05) is 35.0 Å². The summed E-state index contributed by atoms with van der Waals surface area (Å²) in [5.41, 5.74) is 2.02. The number of non-ortho nitro benzene ring substituents is 1. The molecule has 0 fully saturated rings. The second kappa shape index (κ2) is 6.19. The molecule has 0 aliphatic carbocycles. The van der Waals surface area contributed by atoms with Crippen LogP contribution in [0.15, 0.2) is 72.9 Å². The van der Waals surface area contributed by atoms with Crippen molar-refractivity contribution in [1.82, 2.24) is 4.98 Å². The standard InChI is InChI=1S/C18H12N2O3/c21-18(13-6-5-7-14(12-13)20(22)23)16-9-2-1-8-15(16)17-10-3-4-11-19-17/h1-12H. The molecule has 112 valence electrons. The van der Waals surface area contributed by atoms with E-state index in [1.807, 2.05) is 24.3 Å². The SMILES string of the molecule is O=C(c1cccc([N+](=O)[O-])c1)c1ccccc1-c1ccccn1. The summed E-state index contributed by atoms with van der Waals surface area (Å²) in [6, 6.07) is 18.3. The number of nitro groups is 1. The van der Waals surface area contributed by atoms with Crippen LogP contribution >= 0.6 is 0 Å². The first kappa shape index (κ1) is 14.6. The summed E-state index contributed by atoms with van der Waals surface area (Å²) in [5, 5.41) is 10.9. The van der Waals surface area contributed by atoms with Crippen molar-refractivity contribution >= 4 is 11.5 Å². The largest absolute Gasteiger partial charge is 0.289 e. The second-order valence-corrected chi connectivity index (χ2v) is 4.90. The molecule has 23 heavy (non-hydrogen) atoms. The van der Waals surface area contributed by atoms with E-state index >= 15 is 0 Å². The Morgan fingerprint density at radius 1 is 0.957 bits per heavy atom. The molecule has 0 aliphatic rings. The van der Waals surface area contributed by atoms with Crippen molar-refractivity contribution in [1.29, 1.82) is 0 Å². The summed E-state index contributed by atoms with van der Waals surface area (Å²) in [6.07, 6.45) is 1.66. The molecule has 0 unspecified atom stereocenters. The molecule has 0 spiro atoms. The molecule has 0 saturated heterocycles. The maximum atomic E-state index is 12.8. The van der Waals surface area contributed by atoms with Crippen LogP contribution < -0.4 is 0 Å². The number of nitro benzene ring substituents is 1. The van der Waals surface area contributed by atoms with Gasteiger partial charge in [-0.25, -0.2) is 0 Å². The smallest absolute Gasteiger partial charge is 0.270 e. The van der Waals surface area contributed by atoms with Crippen LogP contribution in [-0.4, -0.2) is 15.7 Å². The summed E-state index contributed by atoms with van der Waals surface area (Å²) in [6.45, 7) is 0. The summed E-state index contributed by atoms with van der Waals surface area (Å²) < 4.78 is 0. The van der Waals surface area contributed by atoms with Gasteiger partial charge in [0.15, 0.2) is 5.78 Å². The Balaban J connectivity index is 2.07. The van der Waals surface area contributed by atoms with E-state index in [1.54, 1.807) is 30.5 Å². The Morgan fingerprint density at radius 3 is 2.48 bits per heavy atom. The third-order valence-electron chi connectivity index (χ3n) is 3.43. The summed E-state index contributed by atoms with van der Waals surface area (Å²) >= 11 is 0. The lowest BCUT2D eigenvalue weighted by molar-refractivity contribution is -0.384. The first-order valence-electron chi connectivity index (χ1n) is 6.96. The highest BCUT2D eigenvalue weighted by Crippen LogP contribution is 2.25. The fourth-order valence-corrected chi connectivity index (χ4v) is 2.34. The van der Waals surface area contributed by atoms with Crippen LogP contribution in [-0.2, 0) is 0 Å². The zero-order valence-electron chi connectivity index (χ0n) is 12.0. The number of aromatic nitrogens is 1. The molecule has 2 aromatic carbocycles. The van der Waals surface area contributed by atoms with Crippen LogP contribution in [0.1, 0.15) is 15.9 Å². The van der Waals surface area contributed by atoms with Crippen molar-refractivity contribution in [2.45, 2.75) is 0 Å². The number of pyridine rings is 1. The molecule has 5 nitrogen and oxygen atoms in total. The maximum absolute atomic E-state index is 12.8. The van der Waals surface area contributed by atoms with E-state index in [-0.39, 0.29) is 17.0 Å². The van der Waals surface area contributed by atoms with Gasteiger partial charge in [0.1, 0.15) is 0 Å². The first-order valence-corrected chi connectivity index (χ1v) is 6.96. The third-order valence-corrected chi connectivity index (χ3v) is 3.43. The van der Waals surface area contributed by atoms with Crippen LogP contribution in [0.5, 0.6) is 0 Å². The number of carbonyl (C=O) groups is 1. The van der Waals surface area contributed by atoms with E-state index in [4.69, 9.17) is 0 Å². The topological polar surface area (TPSA) is 73.1 Å². The van der Waals surface area contributed by atoms with Gasteiger partial charge in [-0.15, -0.1) is 0 Å². The third kappa shape index (κ3) is 2.98. The lowest BCUT2D eigenvalue weighted by atomic mass is 9.96. The van der Waals surface area contributed by atoms with Gasteiger partial charge in [0.25, 0.3) is 5.69 Å². The van der Waals surface area contributed by atoms with Gasteiger partial charge in [0.05, 0.1) is 10.6 Å². The van der Waals surface area contributed by atoms with Gasteiger partial charge in [-0.3, -0.25) is 19.9 Å². The minimum atomic E-state index is -0.512. The summed E-state index contributed by atoms with van der Waals surface area (Å²) in [5.74, 6) is -0.269. The molecule has 0 bridgehead atoms. The van der Waals surface area contributed by atoms with Crippen molar-refractivity contribution in [2.75, 3.05) is 0 Å². The molecule has 3 aromatic rings. The van der Waals surface area contributed by atoms with Crippen molar-refractivity contribution in [3.63, 3.8) is 0 Å². The predicted octanol–water partition coefficient (Wildman–Crippen LogP) is 3.89. The monoisotopic (exact) mass is 304 g/mol. The first-order chi connectivity index (χ1) is 11.2. The van der Waals surface area contributed by atoms with E-state index < -0.39 is 4.92 Å². The molecule has 0 aliphatic heterocycles. The minimum absolute atomic E-state index is 0.105. The van der Waals surface area contributed by atoms with Crippen molar-refractivity contribution < 1.29 is 9.72 Å². The average molecular weight is 304 g/mol. The predicted molar refractivity (Wildman–Crippen MR) is 86.2 cm³/mol. The maximum Gasteiger partial charge on any atom is 0.270 e. The van der Waals surface area contributed by atoms with Crippen LogP contribution in [0.4, 0.5) is 5.69 Å². The Morgan fingerprint density at radius 2 is 1.74 bits per heavy atom. The van der Waals surface area contributed by atoms with E-state index in [0.29, 0.717) is 16.8 Å². The fraction of sp³-hybridized carbons (Fsp3) is 0. The van der Waals surface area contributed by atoms with Gasteiger partial charge in [-0.05, 0) is 12.1 Å². The molecule has 1 heterocycles. The molecular formula is C18H12N2O3.